The van der Waals surface area contributed by atoms with E-state index in [0.29, 0.717) is 24.6 Å². The summed E-state index contributed by atoms with van der Waals surface area (Å²) in [5.74, 6) is 0.865. The first-order valence-corrected chi connectivity index (χ1v) is 10.0. The minimum atomic E-state index is -0.224. The molecule has 0 radical (unpaired) electrons. The quantitative estimate of drug-likeness (QED) is 0.413. The molecule has 3 heterocycles. The lowest BCUT2D eigenvalue weighted by molar-refractivity contribution is 0.102. The van der Waals surface area contributed by atoms with E-state index in [4.69, 9.17) is 0 Å². The Bertz CT molecular complexity index is 1200. The number of aromatic amines is 1. The molecule has 1 aliphatic rings. The Labute approximate surface area is 174 Å². The maximum Gasteiger partial charge on any atom is 0.258 e. The zero-order chi connectivity index (χ0) is 20.3. The summed E-state index contributed by atoms with van der Waals surface area (Å²) in [6.07, 6.45) is 4.55. The molecule has 0 saturated carbocycles. The molecule has 4 N–H and O–H groups in total. The van der Waals surface area contributed by atoms with Crippen molar-refractivity contribution in [1.82, 2.24) is 20.3 Å². The molecule has 1 amide bonds. The third kappa shape index (κ3) is 3.62. The number of nitrogens with zero attached hydrogens (tertiary/aromatic N) is 2. The number of benzene rings is 2. The van der Waals surface area contributed by atoms with Crippen LogP contribution in [0, 0.1) is 0 Å². The van der Waals surface area contributed by atoms with Gasteiger partial charge in [-0.15, -0.1) is 0 Å². The van der Waals surface area contributed by atoms with Crippen molar-refractivity contribution in [2.24, 2.45) is 0 Å². The van der Waals surface area contributed by atoms with Crippen molar-refractivity contribution in [1.29, 1.82) is 0 Å². The first-order chi connectivity index (χ1) is 14.8. The topological polar surface area (TPSA) is 94.7 Å². The fourth-order valence-corrected chi connectivity index (χ4v) is 3.79. The van der Waals surface area contributed by atoms with Crippen molar-refractivity contribution in [3.63, 3.8) is 0 Å². The molecular weight excluding hydrogens is 376 g/mol. The molecule has 0 unspecified atom stereocenters. The molecule has 0 atom stereocenters. The number of anilines is 2. The summed E-state index contributed by atoms with van der Waals surface area (Å²) in [5.41, 5.74) is 3.79. The number of hydrogen-bond donors (Lipinski definition) is 4. The molecule has 5 rings (SSSR count). The van der Waals surface area contributed by atoms with Gasteiger partial charge in [-0.1, -0.05) is 42.5 Å². The van der Waals surface area contributed by atoms with Crippen LogP contribution in [0.1, 0.15) is 27.2 Å². The second kappa shape index (κ2) is 7.96. The molecule has 0 saturated heterocycles. The lowest BCUT2D eigenvalue weighted by Gasteiger charge is -2.21. The lowest BCUT2D eigenvalue weighted by atomic mass is 10.1. The van der Waals surface area contributed by atoms with E-state index in [-0.39, 0.29) is 5.91 Å². The number of carbonyl (C=O) groups is 1. The van der Waals surface area contributed by atoms with E-state index in [1.165, 1.54) is 5.56 Å². The van der Waals surface area contributed by atoms with Crippen molar-refractivity contribution in [3.8, 4) is 0 Å². The number of hydrogen-bond acceptors (Lipinski definition) is 5. The van der Waals surface area contributed by atoms with E-state index in [0.717, 1.165) is 40.8 Å². The Morgan fingerprint density at radius 2 is 1.93 bits per heavy atom. The molecule has 0 spiro atoms. The van der Waals surface area contributed by atoms with Gasteiger partial charge in [-0.25, -0.2) is 4.98 Å². The molecule has 1 aliphatic heterocycles. The van der Waals surface area contributed by atoms with E-state index >= 15 is 0 Å². The Balaban J connectivity index is 1.43. The molecule has 7 nitrogen and oxygen atoms in total. The van der Waals surface area contributed by atoms with Crippen molar-refractivity contribution in [2.75, 3.05) is 17.2 Å². The van der Waals surface area contributed by atoms with E-state index < -0.39 is 0 Å². The van der Waals surface area contributed by atoms with Gasteiger partial charge in [-0.3, -0.25) is 10.1 Å². The van der Waals surface area contributed by atoms with Gasteiger partial charge in [0.2, 0.25) is 5.95 Å². The molecular formula is C23H22N6O. The number of aromatic nitrogens is 3. The third-order valence-corrected chi connectivity index (χ3v) is 5.32. The van der Waals surface area contributed by atoms with Gasteiger partial charge in [-0.05, 0) is 30.0 Å². The van der Waals surface area contributed by atoms with Crippen molar-refractivity contribution in [2.45, 2.75) is 19.5 Å². The molecule has 7 heteroatoms. The highest BCUT2D eigenvalue weighted by molar-refractivity contribution is 6.12. The average molecular weight is 398 g/mol. The van der Waals surface area contributed by atoms with Crippen LogP contribution < -0.4 is 16.0 Å². The summed E-state index contributed by atoms with van der Waals surface area (Å²) in [6.45, 7) is 2.21. The van der Waals surface area contributed by atoms with E-state index in [1.54, 1.807) is 6.07 Å². The van der Waals surface area contributed by atoms with Gasteiger partial charge in [-0.2, -0.15) is 4.98 Å². The van der Waals surface area contributed by atoms with Crippen LogP contribution in [-0.4, -0.2) is 27.4 Å². The van der Waals surface area contributed by atoms with Crippen LogP contribution >= 0.6 is 0 Å². The van der Waals surface area contributed by atoms with Gasteiger partial charge in [0.15, 0.2) is 0 Å². The second-order valence-corrected chi connectivity index (χ2v) is 7.30. The number of carbonyl (C=O) groups excluding carboxylic acids is 1. The van der Waals surface area contributed by atoms with Gasteiger partial charge < -0.3 is 15.6 Å². The molecule has 2 aromatic carbocycles. The smallest absolute Gasteiger partial charge is 0.258 e. The molecule has 0 bridgehead atoms. The minimum Gasteiger partial charge on any atom is -0.366 e. The molecule has 4 aromatic rings. The highest BCUT2D eigenvalue weighted by Gasteiger charge is 2.19. The van der Waals surface area contributed by atoms with Gasteiger partial charge in [0, 0.05) is 42.0 Å². The number of H-pyrrole nitrogens is 1. The SMILES string of the molecule is O=C(Nc1nc2c(c(NCc3ccccc3)n1)CCNC2)c1cccc2c[nH]cc12. The number of nitrogens with one attached hydrogen (secondary N) is 4. The molecule has 0 aliphatic carbocycles. The van der Waals surface area contributed by atoms with Crippen LogP contribution in [-0.2, 0) is 19.5 Å². The highest BCUT2D eigenvalue weighted by Crippen LogP contribution is 2.24. The van der Waals surface area contributed by atoms with Crippen molar-refractivity contribution >= 4 is 28.4 Å². The minimum absolute atomic E-state index is 0.224. The maximum absolute atomic E-state index is 12.9. The molecule has 150 valence electrons. The summed E-state index contributed by atoms with van der Waals surface area (Å²) in [5, 5.41) is 11.5. The Morgan fingerprint density at radius 3 is 2.83 bits per heavy atom. The van der Waals surface area contributed by atoms with E-state index in [2.05, 4.69) is 43.0 Å². The zero-order valence-corrected chi connectivity index (χ0v) is 16.4. The molecule has 2 aromatic heterocycles. The Morgan fingerprint density at radius 1 is 1.03 bits per heavy atom. The van der Waals surface area contributed by atoms with Crippen LogP contribution in [0.4, 0.5) is 11.8 Å². The number of rotatable bonds is 5. The summed E-state index contributed by atoms with van der Waals surface area (Å²) < 4.78 is 0. The van der Waals surface area contributed by atoms with Crippen LogP contribution in [0.15, 0.2) is 60.9 Å². The van der Waals surface area contributed by atoms with Gasteiger partial charge in [0.1, 0.15) is 5.82 Å². The fraction of sp³-hybridized carbons (Fsp3) is 0.174. The van der Waals surface area contributed by atoms with Crippen LogP contribution in [0.2, 0.25) is 0 Å². The summed E-state index contributed by atoms with van der Waals surface area (Å²) in [4.78, 5) is 25.2. The molecule has 0 fully saturated rings. The van der Waals surface area contributed by atoms with Gasteiger partial charge >= 0.3 is 0 Å². The van der Waals surface area contributed by atoms with Crippen molar-refractivity contribution in [3.05, 3.63) is 83.3 Å². The average Bonchev–Trinajstić information content (AvgIpc) is 3.27. The summed E-state index contributed by atoms with van der Waals surface area (Å²) in [6, 6.07) is 15.8. The van der Waals surface area contributed by atoms with Crippen LogP contribution in [0.25, 0.3) is 10.8 Å². The van der Waals surface area contributed by atoms with Gasteiger partial charge in [0.05, 0.1) is 5.69 Å². The predicted octanol–water partition coefficient (Wildman–Crippen LogP) is 3.47. The largest absolute Gasteiger partial charge is 0.366 e. The fourth-order valence-electron chi connectivity index (χ4n) is 3.79. The highest BCUT2D eigenvalue weighted by atomic mass is 16.1. The van der Waals surface area contributed by atoms with Gasteiger partial charge in [0.25, 0.3) is 5.91 Å². The van der Waals surface area contributed by atoms with Crippen LogP contribution in [0.3, 0.4) is 0 Å². The number of amides is 1. The zero-order valence-electron chi connectivity index (χ0n) is 16.4. The Hall–Kier alpha value is -3.71. The Kier molecular flexibility index (Phi) is 4.86. The summed E-state index contributed by atoms with van der Waals surface area (Å²) >= 11 is 0. The first-order valence-electron chi connectivity index (χ1n) is 10.0. The molecule has 30 heavy (non-hydrogen) atoms. The first kappa shape index (κ1) is 18.3. The monoisotopic (exact) mass is 398 g/mol. The maximum atomic E-state index is 12.9. The second-order valence-electron chi connectivity index (χ2n) is 7.30. The normalized spacial score (nSPS) is 13.1. The third-order valence-electron chi connectivity index (χ3n) is 5.32. The van der Waals surface area contributed by atoms with E-state index in [9.17, 15) is 4.79 Å². The summed E-state index contributed by atoms with van der Waals surface area (Å²) in [7, 11) is 0. The standard InChI is InChI=1S/C23H22N6O/c30-22(17-8-4-7-16-12-25-13-19(16)17)29-23-27-20-14-24-10-9-18(20)21(28-23)26-11-15-5-2-1-3-6-15/h1-8,12-13,24-25H,9-11,14H2,(H2,26,27,28,29,30). The van der Waals surface area contributed by atoms with E-state index in [1.807, 2.05) is 42.7 Å². The van der Waals surface area contributed by atoms with Crippen LogP contribution in [0.5, 0.6) is 0 Å². The predicted molar refractivity (Wildman–Crippen MR) is 117 cm³/mol. The lowest BCUT2D eigenvalue weighted by Crippen LogP contribution is -2.27. The van der Waals surface area contributed by atoms with Crippen molar-refractivity contribution < 1.29 is 4.79 Å². The number of fused-ring (bicyclic) bond motifs is 2.